The first-order valence-electron chi connectivity index (χ1n) is 12.4. The average molecular weight is 822 g/mol. The smallest absolute Gasteiger partial charge is 0.368 e. The third-order valence-corrected chi connectivity index (χ3v) is 8.06. The molecule has 5 atom stereocenters. The Hall–Kier alpha value is -1.40. The highest BCUT2D eigenvalue weighted by Gasteiger charge is 2.95. The van der Waals surface area contributed by atoms with E-state index in [1.54, 1.807) is 18.2 Å². The van der Waals surface area contributed by atoms with Gasteiger partial charge in [-0.05, 0) is 19.4 Å². The monoisotopic (exact) mass is 822 g/mol. The van der Waals surface area contributed by atoms with Gasteiger partial charge in [-0.3, -0.25) is 0 Å². The lowest BCUT2D eigenvalue weighted by Crippen LogP contribution is -2.74. The van der Waals surface area contributed by atoms with Gasteiger partial charge in [0.2, 0.25) is 0 Å². The largest absolute Gasteiger partial charge is 0.460 e. The van der Waals surface area contributed by atoms with Crippen LogP contribution < -0.4 is 0 Å². The molecule has 2 saturated heterocycles. The lowest BCUT2D eigenvalue weighted by atomic mass is 9.87. The molecule has 0 amide bonds. The van der Waals surface area contributed by atoms with E-state index in [1.807, 2.05) is 0 Å². The molecule has 3 rings (SSSR count). The van der Waals surface area contributed by atoms with Crippen molar-refractivity contribution in [3.8, 4) is 0 Å². The highest BCUT2D eigenvalue weighted by molar-refractivity contribution is 14.1. The van der Waals surface area contributed by atoms with Crippen molar-refractivity contribution in [2.75, 3.05) is 0 Å². The molecule has 1 aromatic carbocycles. The number of rotatable bonds is 12. The number of hydrogen-bond acceptors (Lipinski definition) is 4. The molecular weight excluding hydrogens is 802 g/mol. The summed E-state index contributed by atoms with van der Waals surface area (Å²) in [6.45, 7) is 2.39. The van der Waals surface area contributed by atoms with E-state index in [0.717, 1.165) is 22.6 Å². The lowest BCUT2D eigenvalue weighted by Gasteiger charge is -2.43. The minimum absolute atomic E-state index is 0.329. The molecule has 0 aliphatic carbocycles. The highest BCUT2D eigenvalue weighted by atomic mass is 127. The number of ether oxygens (including phenoxy) is 4. The van der Waals surface area contributed by atoms with Gasteiger partial charge in [0.25, 0.3) is 0 Å². The standard InChI is InChI=1S/C24H20F17IO4/c1-16(2)45-14-13(43-9-10-6-4-3-5-7-10)12(44-15(14)46-16)11(42)8-17(25,26)18(27,28)19(29,30)20(31,32)21(33,34)22(35,36)23(37,38)24(39,40)41/h3-7,11-15H,8-9H2,1-2H3/t11?,12-,13+,14-,15-/m1/s1. The SMILES string of the molecule is CC1(C)O[C@H]2O[C@H](C(I)CC(F)(F)C(F)(F)C(F)(F)C(F)(F)C(F)(F)C(F)(F)C(F)(F)C(F)(F)F)[C@H](OCc3ccccc3)[C@H]2O1. The van der Waals surface area contributed by atoms with E-state index < -0.39 is 88.4 Å². The predicted molar refractivity (Wildman–Crippen MR) is 127 cm³/mol. The zero-order valence-corrected chi connectivity index (χ0v) is 24.8. The van der Waals surface area contributed by atoms with Gasteiger partial charge in [0, 0.05) is 10.3 Å². The fourth-order valence-corrected chi connectivity index (χ4v) is 5.57. The van der Waals surface area contributed by atoms with Crippen molar-refractivity contribution in [2.24, 2.45) is 0 Å². The molecule has 46 heavy (non-hydrogen) atoms. The van der Waals surface area contributed by atoms with Gasteiger partial charge in [0.05, 0.1) is 6.61 Å². The number of alkyl halides is 18. The topological polar surface area (TPSA) is 36.9 Å². The quantitative estimate of drug-likeness (QED) is 0.120. The van der Waals surface area contributed by atoms with Gasteiger partial charge < -0.3 is 18.9 Å². The Bertz CT molecular complexity index is 1220. The van der Waals surface area contributed by atoms with Crippen molar-refractivity contribution in [1.82, 2.24) is 0 Å². The summed E-state index contributed by atoms with van der Waals surface area (Å²) in [5.74, 6) is -58.2. The van der Waals surface area contributed by atoms with E-state index in [4.69, 9.17) is 18.9 Å². The Morgan fingerprint density at radius 1 is 0.696 bits per heavy atom. The zero-order chi connectivity index (χ0) is 35.7. The second-order valence-electron chi connectivity index (χ2n) is 10.7. The molecule has 2 aliphatic rings. The molecule has 0 saturated carbocycles. The molecule has 0 spiro atoms. The Balaban J connectivity index is 1.92. The average Bonchev–Trinajstić information content (AvgIpc) is 3.38. The number of fused-ring (bicyclic) bond motifs is 1. The number of hydrogen-bond donors (Lipinski definition) is 0. The summed E-state index contributed by atoms with van der Waals surface area (Å²) in [6, 6.07) is 7.72. The van der Waals surface area contributed by atoms with E-state index in [9.17, 15) is 74.6 Å². The summed E-state index contributed by atoms with van der Waals surface area (Å²) in [7, 11) is 0. The first-order valence-corrected chi connectivity index (χ1v) is 13.7. The summed E-state index contributed by atoms with van der Waals surface area (Å²) < 4.78 is 252. The molecule has 266 valence electrons. The third-order valence-electron chi connectivity index (χ3n) is 6.91. The van der Waals surface area contributed by atoms with Gasteiger partial charge in [0.15, 0.2) is 12.1 Å². The number of halogens is 18. The van der Waals surface area contributed by atoms with Crippen LogP contribution in [-0.2, 0) is 25.6 Å². The maximum Gasteiger partial charge on any atom is 0.460 e. The summed E-state index contributed by atoms with van der Waals surface area (Å²) in [5.41, 5.74) is 0.445. The lowest BCUT2D eigenvalue weighted by molar-refractivity contribution is -0.461. The van der Waals surface area contributed by atoms with E-state index in [0.29, 0.717) is 5.56 Å². The second kappa shape index (κ2) is 11.9. The first kappa shape index (κ1) is 39.0. The van der Waals surface area contributed by atoms with E-state index in [2.05, 4.69) is 0 Å². The fourth-order valence-electron chi connectivity index (χ4n) is 4.44. The minimum Gasteiger partial charge on any atom is -0.368 e. The van der Waals surface area contributed by atoms with Crippen LogP contribution in [0.2, 0.25) is 0 Å². The molecule has 4 nitrogen and oxygen atoms in total. The van der Waals surface area contributed by atoms with Gasteiger partial charge in [-0.15, -0.1) is 0 Å². The normalized spacial score (nSPS) is 25.9. The van der Waals surface area contributed by atoms with Crippen molar-refractivity contribution in [3.05, 3.63) is 35.9 Å². The van der Waals surface area contributed by atoms with Crippen molar-refractivity contribution in [1.29, 1.82) is 0 Å². The van der Waals surface area contributed by atoms with Crippen LogP contribution in [0.3, 0.4) is 0 Å². The Morgan fingerprint density at radius 3 is 1.63 bits per heavy atom. The van der Waals surface area contributed by atoms with Gasteiger partial charge in [0.1, 0.15) is 18.3 Å². The second-order valence-corrected chi connectivity index (χ2v) is 12.3. The third kappa shape index (κ3) is 6.14. The van der Waals surface area contributed by atoms with Crippen molar-refractivity contribution in [3.63, 3.8) is 0 Å². The molecule has 1 aromatic rings. The fraction of sp³-hybridized carbons (Fsp3) is 0.750. The molecular formula is C24H20F17IO4. The van der Waals surface area contributed by atoms with Crippen LogP contribution in [0.4, 0.5) is 74.6 Å². The molecule has 2 aliphatic heterocycles. The van der Waals surface area contributed by atoms with Gasteiger partial charge in [-0.2, -0.15) is 74.6 Å². The maximum atomic E-state index is 14.7. The van der Waals surface area contributed by atoms with E-state index >= 15 is 0 Å². The van der Waals surface area contributed by atoms with Crippen molar-refractivity contribution in [2.45, 2.75) is 109 Å². The van der Waals surface area contributed by atoms with E-state index in [1.165, 1.54) is 26.0 Å². The van der Waals surface area contributed by atoms with Crippen LogP contribution >= 0.6 is 22.6 Å². The molecule has 0 bridgehead atoms. The first-order chi connectivity index (χ1) is 20.4. The van der Waals surface area contributed by atoms with Gasteiger partial charge in [-0.25, -0.2) is 0 Å². The van der Waals surface area contributed by atoms with Crippen LogP contribution in [0.25, 0.3) is 0 Å². The number of benzene rings is 1. The minimum atomic E-state index is -8.68. The zero-order valence-electron chi connectivity index (χ0n) is 22.6. The van der Waals surface area contributed by atoms with Crippen LogP contribution in [0, 0.1) is 0 Å². The molecule has 0 aromatic heterocycles. The van der Waals surface area contributed by atoms with Crippen LogP contribution in [0.1, 0.15) is 25.8 Å². The molecule has 0 radical (unpaired) electrons. The van der Waals surface area contributed by atoms with Crippen LogP contribution in [0.15, 0.2) is 30.3 Å². The Labute approximate surface area is 261 Å². The van der Waals surface area contributed by atoms with Gasteiger partial charge >= 0.3 is 47.6 Å². The van der Waals surface area contributed by atoms with Gasteiger partial charge in [-0.1, -0.05) is 52.9 Å². The van der Waals surface area contributed by atoms with E-state index in [-0.39, 0.29) is 6.61 Å². The Morgan fingerprint density at radius 2 is 1.15 bits per heavy atom. The highest BCUT2D eigenvalue weighted by Crippen LogP contribution is 2.64. The molecule has 2 heterocycles. The van der Waals surface area contributed by atoms with Crippen molar-refractivity contribution < 1.29 is 93.6 Å². The summed E-state index contributed by atoms with van der Waals surface area (Å²) in [5, 5.41) is 0. The van der Waals surface area contributed by atoms with Crippen LogP contribution in [-0.4, -0.2) is 81.9 Å². The predicted octanol–water partition coefficient (Wildman–Crippen LogP) is 8.65. The molecule has 1 unspecified atom stereocenters. The Kier molecular flexibility index (Phi) is 10.1. The summed E-state index contributed by atoms with van der Waals surface area (Å²) in [4.78, 5) is 0. The maximum absolute atomic E-state index is 14.7. The molecule has 22 heteroatoms. The molecule has 0 N–H and O–H groups in total. The summed E-state index contributed by atoms with van der Waals surface area (Å²) >= 11 is 0.891. The van der Waals surface area contributed by atoms with Crippen molar-refractivity contribution >= 4 is 22.6 Å². The molecule has 2 fully saturated rings. The van der Waals surface area contributed by atoms with Crippen LogP contribution in [0.5, 0.6) is 0 Å². The summed E-state index contributed by atoms with van der Waals surface area (Å²) in [6.07, 6.45) is -16.7.